The van der Waals surface area contributed by atoms with Crippen LogP contribution >= 0.6 is 0 Å². The zero-order valence-electron chi connectivity index (χ0n) is 12.5. The van der Waals surface area contributed by atoms with E-state index in [-0.39, 0.29) is 0 Å². The van der Waals surface area contributed by atoms with Crippen LogP contribution in [0.5, 0.6) is 0 Å². The molecule has 2 aliphatic carbocycles. The number of rotatable bonds is 7. The van der Waals surface area contributed by atoms with Crippen molar-refractivity contribution in [3.63, 3.8) is 0 Å². The van der Waals surface area contributed by atoms with E-state index in [0.29, 0.717) is 5.41 Å². The lowest BCUT2D eigenvalue weighted by Crippen LogP contribution is -2.44. The minimum Gasteiger partial charge on any atom is -0.316 e. The maximum Gasteiger partial charge on any atom is 0.00965 e. The van der Waals surface area contributed by atoms with E-state index < -0.39 is 0 Å². The van der Waals surface area contributed by atoms with Crippen molar-refractivity contribution < 1.29 is 0 Å². The van der Waals surface area contributed by atoms with Crippen LogP contribution in [-0.4, -0.2) is 37.1 Å². The third-order valence-electron chi connectivity index (χ3n) is 4.92. The summed E-state index contributed by atoms with van der Waals surface area (Å²) in [5.41, 5.74) is 0.575. The van der Waals surface area contributed by atoms with Crippen LogP contribution in [0.3, 0.4) is 0 Å². The molecule has 0 saturated heterocycles. The summed E-state index contributed by atoms with van der Waals surface area (Å²) in [4.78, 5) is 2.77. The highest BCUT2D eigenvalue weighted by Crippen LogP contribution is 2.38. The van der Waals surface area contributed by atoms with Crippen molar-refractivity contribution >= 4 is 0 Å². The molecule has 2 saturated carbocycles. The normalized spacial score (nSPS) is 24.2. The van der Waals surface area contributed by atoms with Crippen LogP contribution in [0.4, 0.5) is 0 Å². The molecule has 2 aliphatic rings. The third-order valence-corrected chi connectivity index (χ3v) is 4.92. The number of nitrogens with zero attached hydrogens (tertiary/aromatic N) is 1. The summed E-state index contributed by atoms with van der Waals surface area (Å²) >= 11 is 0. The van der Waals surface area contributed by atoms with Gasteiger partial charge in [-0.1, -0.05) is 39.5 Å². The Morgan fingerprint density at radius 2 is 1.72 bits per heavy atom. The summed E-state index contributed by atoms with van der Waals surface area (Å²) in [6.07, 6.45) is 11.6. The van der Waals surface area contributed by atoms with Gasteiger partial charge in [-0.15, -0.1) is 0 Å². The van der Waals surface area contributed by atoms with Gasteiger partial charge >= 0.3 is 0 Å². The summed E-state index contributed by atoms with van der Waals surface area (Å²) in [6.45, 7) is 9.54. The molecular weight excluding hydrogens is 220 g/mol. The smallest absolute Gasteiger partial charge is 0.00965 e. The van der Waals surface area contributed by atoms with Crippen molar-refractivity contribution in [2.45, 2.75) is 71.3 Å². The van der Waals surface area contributed by atoms with E-state index in [0.717, 1.165) is 12.6 Å². The molecule has 2 rings (SSSR count). The first kappa shape index (κ1) is 14.3. The molecule has 0 radical (unpaired) electrons. The monoisotopic (exact) mass is 252 g/mol. The van der Waals surface area contributed by atoms with Gasteiger partial charge in [0.05, 0.1) is 0 Å². The van der Waals surface area contributed by atoms with E-state index in [1.807, 2.05) is 0 Å². The number of hydrogen-bond acceptors (Lipinski definition) is 2. The molecule has 2 nitrogen and oxygen atoms in total. The largest absolute Gasteiger partial charge is 0.316 e. The quantitative estimate of drug-likeness (QED) is 0.698. The molecular formula is C16H32N2. The van der Waals surface area contributed by atoms with Gasteiger partial charge in [-0.25, -0.2) is 0 Å². The van der Waals surface area contributed by atoms with E-state index >= 15 is 0 Å². The summed E-state index contributed by atoms with van der Waals surface area (Å²) in [7, 11) is 0. The molecule has 0 aromatic rings. The van der Waals surface area contributed by atoms with Crippen LogP contribution in [0, 0.1) is 5.41 Å². The predicted octanol–water partition coefficient (Wildman–Crippen LogP) is 3.42. The van der Waals surface area contributed by atoms with Gasteiger partial charge < -0.3 is 10.2 Å². The molecule has 0 atom stereocenters. The van der Waals surface area contributed by atoms with Crippen LogP contribution < -0.4 is 5.32 Å². The lowest BCUT2D eigenvalue weighted by atomic mass is 9.79. The third kappa shape index (κ3) is 3.96. The first-order valence-corrected chi connectivity index (χ1v) is 8.24. The minimum atomic E-state index is 0.575. The van der Waals surface area contributed by atoms with Crippen LogP contribution in [0.15, 0.2) is 0 Å². The summed E-state index contributed by atoms with van der Waals surface area (Å²) < 4.78 is 0. The second kappa shape index (κ2) is 6.91. The topological polar surface area (TPSA) is 15.3 Å². The van der Waals surface area contributed by atoms with E-state index in [1.54, 1.807) is 0 Å². The summed E-state index contributed by atoms with van der Waals surface area (Å²) in [5.74, 6) is 0. The fourth-order valence-corrected chi connectivity index (χ4v) is 3.63. The zero-order valence-corrected chi connectivity index (χ0v) is 12.5. The Balaban J connectivity index is 1.96. The molecule has 2 fully saturated rings. The molecule has 0 bridgehead atoms. The molecule has 0 heterocycles. The van der Waals surface area contributed by atoms with Gasteiger partial charge in [0.2, 0.25) is 0 Å². The average molecular weight is 252 g/mol. The van der Waals surface area contributed by atoms with E-state index in [4.69, 9.17) is 0 Å². The van der Waals surface area contributed by atoms with Crippen molar-refractivity contribution in [3.05, 3.63) is 0 Å². The predicted molar refractivity (Wildman–Crippen MR) is 78.9 cm³/mol. The fourth-order valence-electron chi connectivity index (χ4n) is 3.63. The second-order valence-corrected chi connectivity index (χ2v) is 6.49. The molecule has 0 unspecified atom stereocenters. The van der Waals surface area contributed by atoms with Crippen LogP contribution in [0.25, 0.3) is 0 Å². The maximum atomic E-state index is 3.65. The Morgan fingerprint density at radius 3 is 2.22 bits per heavy atom. The van der Waals surface area contributed by atoms with Crippen LogP contribution in [0.2, 0.25) is 0 Å². The SMILES string of the molecule is CCNCC1(CN(CC)C2CC2)CCCCCC1. The first-order valence-electron chi connectivity index (χ1n) is 8.24. The van der Waals surface area contributed by atoms with Gasteiger partial charge in [-0.05, 0) is 44.2 Å². The number of nitrogens with one attached hydrogen (secondary N) is 1. The standard InChI is InChI=1S/C16H32N2/c1-3-17-13-16(11-7-5-6-8-12-16)14-18(4-2)15-9-10-15/h15,17H,3-14H2,1-2H3. The van der Waals surface area contributed by atoms with Gasteiger partial charge in [0.15, 0.2) is 0 Å². The van der Waals surface area contributed by atoms with Gasteiger partial charge in [0.25, 0.3) is 0 Å². The Bertz CT molecular complexity index is 227. The highest BCUT2D eigenvalue weighted by Gasteiger charge is 2.36. The first-order chi connectivity index (χ1) is 8.79. The molecule has 1 N–H and O–H groups in total. The van der Waals surface area contributed by atoms with Gasteiger partial charge in [0, 0.05) is 19.1 Å². The minimum absolute atomic E-state index is 0.575. The summed E-state index contributed by atoms with van der Waals surface area (Å²) in [5, 5.41) is 3.65. The van der Waals surface area contributed by atoms with Crippen LogP contribution in [0.1, 0.15) is 65.2 Å². The van der Waals surface area contributed by atoms with E-state index in [1.165, 1.54) is 71.0 Å². The van der Waals surface area contributed by atoms with Crippen LogP contribution in [-0.2, 0) is 0 Å². The highest BCUT2D eigenvalue weighted by atomic mass is 15.2. The van der Waals surface area contributed by atoms with Crippen molar-refractivity contribution in [2.24, 2.45) is 5.41 Å². The molecule has 0 amide bonds. The molecule has 0 aromatic heterocycles. The second-order valence-electron chi connectivity index (χ2n) is 6.49. The highest BCUT2D eigenvalue weighted by molar-refractivity contribution is 4.92. The molecule has 0 spiro atoms. The molecule has 0 aliphatic heterocycles. The van der Waals surface area contributed by atoms with Gasteiger partial charge in [-0.3, -0.25) is 0 Å². The Kier molecular flexibility index (Phi) is 5.50. The molecule has 106 valence electrons. The van der Waals surface area contributed by atoms with Gasteiger partial charge in [-0.2, -0.15) is 0 Å². The van der Waals surface area contributed by atoms with Crippen molar-refractivity contribution in [1.82, 2.24) is 10.2 Å². The lowest BCUT2D eigenvalue weighted by molar-refractivity contribution is 0.125. The average Bonchev–Trinajstić information content (AvgIpc) is 3.21. The fraction of sp³-hybridized carbons (Fsp3) is 1.00. The Hall–Kier alpha value is -0.0800. The van der Waals surface area contributed by atoms with Gasteiger partial charge in [0.1, 0.15) is 0 Å². The van der Waals surface area contributed by atoms with Crippen molar-refractivity contribution in [2.75, 3.05) is 26.2 Å². The molecule has 18 heavy (non-hydrogen) atoms. The number of hydrogen-bond donors (Lipinski definition) is 1. The molecule has 2 heteroatoms. The van der Waals surface area contributed by atoms with Crippen molar-refractivity contribution in [3.8, 4) is 0 Å². The Morgan fingerprint density at radius 1 is 1.06 bits per heavy atom. The van der Waals surface area contributed by atoms with Crippen molar-refractivity contribution in [1.29, 1.82) is 0 Å². The van der Waals surface area contributed by atoms with E-state index in [9.17, 15) is 0 Å². The zero-order chi connectivity index (χ0) is 12.8. The summed E-state index contributed by atoms with van der Waals surface area (Å²) in [6, 6.07) is 0.928. The Labute approximate surface area is 114 Å². The molecule has 0 aromatic carbocycles. The maximum absolute atomic E-state index is 3.65. The lowest BCUT2D eigenvalue weighted by Gasteiger charge is -2.38. The van der Waals surface area contributed by atoms with E-state index in [2.05, 4.69) is 24.1 Å².